The van der Waals surface area contributed by atoms with E-state index in [9.17, 15) is 29.5 Å². The number of nitriles is 1. The van der Waals surface area contributed by atoms with Gasteiger partial charge in [-0.05, 0) is 108 Å². The average molecular weight is 968 g/mol. The van der Waals surface area contributed by atoms with Crippen molar-refractivity contribution in [2.75, 3.05) is 54.4 Å². The first-order valence-electron chi connectivity index (χ1n) is 25.2. The Hall–Kier alpha value is -6.94. The Morgan fingerprint density at radius 3 is 2.34 bits per heavy atom. The smallest absolute Gasteiger partial charge is 0.249 e. The van der Waals surface area contributed by atoms with Crippen LogP contribution in [-0.2, 0) is 19.2 Å². The molecule has 1 spiro atoms. The molecule has 372 valence electrons. The molecule has 1 unspecified atom stereocenters. The summed E-state index contributed by atoms with van der Waals surface area (Å²) < 4.78 is 19.0. The number of fused-ring (bicyclic) bond motifs is 1. The summed E-state index contributed by atoms with van der Waals surface area (Å²) >= 11 is 0. The van der Waals surface area contributed by atoms with Crippen LogP contribution in [0.15, 0.2) is 61.3 Å². The van der Waals surface area contributed by atoms with E-state index in [2.05, 4.69) is 38.9 Å². The highest BCUT2D eigenvalue weighted by atomic mass is 19.1. The van der Waals surface area contributed by atoms with Crippen LogP contribution in [0.4, 0.5) is 21.6 Å². The van der Waals surface area contributed by atoms with Gasteiger partial charge in [-0.3, -0.25) is 29.2 Å². The van der Waals surface area contributed by atoms with Crippen molar-refractivity contribution < 1.29 is 28.7 Å². The summed E-state index contributed by atoms with van der Waals surface area (Å²) in [6, 6.07) is 10.6. The van der Waals surface area contributed by atoms with Gasteiger partial charge in [0.1, 0.15) is 34.8 Å². The van der Waals surface area contributed by atoms with E-state index in [1.807, 2.05) is 59.1 Å². The lowest BCUT2D eigenvalue weighted by atomic mass is 9.67. The molecule has 0 radical (unpaired) electrons. The van der Waals surface area contributed by atoms with Crippen LogP contribution in [0.1, 0.15) is 109 Å². The second-order valence-electron chi connectivity index (χ2n) is 21.0. The lowest BCUT2D eigenvalue weighted by Gasteiger charge is -2.54. The molecule has 4 saturated heterocycles. The van der Waals surface area contributed by atoms with Gasteiger partial charge in [-0.25, -0.2) is 18.9 Å². The molecule has 5 fully saturated rings. The van der Waals surface area contributed by atoms with E-state index >= 15 is 4.39 Å². The first kappa shape index (κ1) is 47.7. The zero-order valence-corrected chi connectivity index (χ0v) is 40.7. The predicted octanol–water partition coefficient (Wildman–Crippen LogP) is 5.77. The quantitative estimate of drug-likeness (QED) is 0.109. The molecule has 4 aromatic heterocycles. The number of aliphatic hydroxyl groups is 1. The van der Waals surface area contributed by atoms with E-state index in [0.29, 0.717) is 79.3 Å². The predicted molar refractivity (Wildman–Crippen MR) is 263 cm³/mol. The number of hydrogen-bond acceptors (Lipinski definition) is 13. The Balaban J connectivity index is 0.723. The number of rotatable bonds is 12. The van der Waals surface area contributed by atoms with E-state index in [1.165, 1.54) is 6.07 Å². The number of imide groups is 1. The molecule has 4 N–H and O–H groups in total. The number of aromatic nitrogens is 6. The van der Waals surface area contributed by atoms with Crippen LogP contribution in [0.5, 0.6) is 0 Å². The van der Waals surface area contributed by atoms with Gasteiger partial charge in [0.2, 0.25) is 23.6 Å². The number of benzene rings is 1. The Bertz CT molecular complexity index is 2880. The molecule has 1 aliphatic carbocycles. The Morgan fingerprint density at radius 2 is 1.68 bits per heavy atom. The second kappa shape index (κ2) is 19.0. The van der Waals surface area contributed by atoms with Crippen LogP contribution in [0.3, 0.4) is 0 Å². The molecule has 4 aliphatic heterocycles. The lowest BCUT2D eigenvalue weighted by molar-refractivity contribution is -0.152. The van der Waals surface area contributed by atoms with E-state index in [1.54, 1.807) is 29.0 Å². The average Bonchev–Trinajstić information content (AvgIpc) is 4.02. The van der Waals surface area contributed by atoms with Gasteiger partial charge in [-0.2, -0.15) is 15.5 Å². The Kier molecular flexibility index (Phi) is 12.8. The highest BCUT2D eigenvalue weighted by Gasteiger charge is 2.49. The second-order valence-corrected chi connectivity index (χ2v) is 21.0. The minimum absolute atomic E-state index is 0.0337. The van der Waals surface area contributed by atoms with Crippen LogP contribution in [0.25, 0.3) is 28.0 Å². The van der Waals surface area contributed by atoms with E-state index < -0.39 is 23.4 Å². The first-order chi connectivity index (χ1) is 34.1. The zero-order valence-electron chi connectivity index (χ0n) is 40.7. The maximum atomic E-state index is 15.3. The number of piperidine rings is 3. The van der Waals surface area contributed by atoms with Crippen LogP contribution in [0, 0.1) is 28.0 Å². The third-order valence-corrected chi connectivity index (χ3v) is 16.0. The molecule has 0 bridgehead atoms. The molecule has 4 amide bonds. The number of nitrogens with zero attached hydrogens (tertiary/aromatic N) is 10. The third kappa shape index (κ3) is 9.53. The van der Waals surface area contributed by atoms with Crippen LogP contribution in [0.2, 0.25) is 0 Å². The van der Waals surface area contributed by atoms with E-state index in [4.69, 9.17) is 15.1 Å². The number of pyridine rings is 1. The molecule has 19 heteroatoms. The van der Waals surface area contributed by atoms with Gasteiger partial charge in [-0.15, -0.1) is 0 Å². The molecule has 1 saturated carbocycles. The summed E-state index contributed by atoms with van der Waals surface area (Å²) in [6.45, 7) is 9.65. The Morgan fingerprint density at radius 1 is 0.930 bits per heavy atom. The van der Waals surface area contributed by atoms with Gasteiger partial charge in [0, 0.05) is 86.4 Å². The van der Waals surface area contributed by atoms with Crippen LogP contribution in [-0.4, -0.2) is 120 Å². The largest absolute Gasteiger partial charge is 0.389 e. The standard InChI is InChI=1S/C52H62FN13O5/c1-4-51(49(70)58-33(2)3)15-19-63(20-16-51)43-9-5-34(26-55-43)46-47-35(25-54)27-57-66(47)30-41(60-46)36-28-56-65(29-36)38-11-13-50(14-12-38)31-64(32-50)45(68)24-52(71)17-21-62(22-18-52)42-8-6-37(23-39(42)53)59-40-7-10-44(67)61-48(40)69/h5-6,8-9,23,26-30,33,38,40,59,71H,4,7,10-22,24,31-32H2,1-3H3,(H,58,70)(H,61,67,69). The fourth-order valence-corrected chi connectivity index (χ4v) is 11.5. The van der Waals surface area contributed by atoms with Gasteiger partial charge in [0.05, 0.1) is 59.1 Å². The number of likely N-dealkylation sites (tertiary alicyclic amines) is 1. The fourth-order valence-electron chi connectivity index (χ4n) is 11.5. The summed E-state index contributed by atoms with van der Waals surface area (Å²) in [6.07, 6.45) is 16.3. The zero-order chi connectivity index (χ0) is 49.7. The van der Waals surface area contributed by atoms with Crippen molar-refractivity contribution >= 4 is 46.3 Å². The maximum Gasteiger partial charge on any atom is 0.249 e. The summed E-state index contributed by atoms with van der Waals surface area (Å²) in [4.78, 5) is 66.3. The van der Waals surface area contributed by atoms with Crippen molar-refractivity contribution in [1.29, 1.82) is 5.26 Å². The van der Waals surface area contributed by atoms with Gasteiger partial charge in [0.25, 0.3) is 0 Å². The van der Waals surface area contributed by atoms with Crippen molar-refractivity contribution in [3.05, 3.63) is 72.7 Å². The van der Waals surface area contributed by atoms with E-state index in [-0.39, 0.29) is 53.5 Å². The number of carbonyl (C=O) groups excluding carboxylic acids is 4. The number of nitrogens with one attached hydrogen (secondary N) is 3. The number of carbonyl (C=O) groups is 4. The molecule has 1 atom stereocenters. The molecule has 1 aromatic carbocycles. The number of amides is 4. The number of halogens is 1. The van der Waals surface area contributed by atoms with Crippen LogP contribution < -0.4 is 25.8 Å². The molecule has 18 nitrogen and oxygen atoms in total. The summed E-state index contributed by atoms with van der Waals surface area (Å²) in [5.74, 6) is -0.281. The number of anilines is 3. The topological polar surface area (TPSA) is 219 Å². The summed E-state index contributed by atoms with van der Waals surface area (Å²) in [5.41, 5.74) is 3.20. The van der Waals surface area contributed by atoms with Gasteiger partial charge >= 0.3 is 0 Å². The summed E-state index contributed by atoms with van der Waals surface area (Å²) in [7, 11) is 0. The minimum Gasteiger partial charge on any atom is -0.389 e. The normalized spacial score (nSPS) is 21.0. The van der Waals surface area contributed by atoms with Gasteiger partial charge in [-0.1, -0.05) is 6.92 Å². The SMILES string of the molecule is CCC1(C(=O)NC(C)C)CCN(c2ccc(-c3nc(-c4cnn(C5CCC6(CC5)CN(C(=O)CC5(O)CCN(c7ccc(NC8CCC(=O)NC8=O)cc7F)CC5)C6)c4)cn4ncc(C#N)c34)cn2)CC1. The van der Waals surface area contributed by atoms with Gasteiger partial charge in [0.15, 0.2) is 0 Å². The van der Waals surface area contributed by atoms with Crippen molar-refractivity contribution in [2.45, 2.75) is 122 Å². The molecule has 5 aliphatic rings. The molecule has 10 rings (SSSR count). The highest BCUT2D eigenvalue weighted by molar-refractivity contribution is 6.01. The highest BCUT2D eigenvalue weighted by Crippen LogP contribution is 2.48. The first-order valence-corrected chi connectivity index (χ1v) is 25.2. The minimum atomic E-state index is -1.17. The monoisotopic (exact) mass is 967 g/mol. The molecule has 5 aromatic rings. The third-order valence-electron chi connectivity index (χ3n) is 16.0. The Labute approximate surface area is 412 Å². The molecular weight excluding hydrogens is 906 g/mol. The maximum absolute atomic E-state index is 15.3. The van der Waals surface area contributed by atoms with Crippen molar-refractivity contribution in [2.24, 2.45) is 10.8 Å². The lowest BCUT2D eigenvalue weighted by Crippen LogP contribution is -2.60. The van der Waals surface area contributed by atoms with Crippen molar-refractivity contribution in [3.63, 3.8) is 0 Å². The molecule has 71 heavy (non-hydrogen) atoms. The van der Waals surface area contributed by atoms with Crippen molar-refractivity contribution in [1.82, 2.24) is 44.9 Å². The number of hydrogen-bond donors (Lipinski definition) is 4. The van der Waals surface area contributed by atoms with Crippen molar-refractivity contribution in [3.8, 4) is 28.6 Å². The summed E-state index contributed by atoms with van der Waals surface area (Å²) in [5, 5.41) is 39.3. The molecular formula is C52H62FN13O5. The molecule has 8 heterocycles. The van der Waals surface area contributed by atoms with Crippen LogP contribution >= 0.6 is 0 Å². The fraction of sp³-hybridized carbons (Fsp3) is 0.519. The van der Waals surface area contributed by atoms with E-state index in [0.717, 1.165) is 75.0 Å². The van der Waals surface area contributed by atoms with Gasteiger partial charge < -0.3 is 30.4 Å².